The number of carbonyl (C=O) groups is 2. The molecule has 0 bridgehead atoms. The Balaban J connectivity index is 1.30. The van der Waals surface area contributed by atoms with E-state index in [1.165, 1.54) is 0 Å². The summed E-state index contributed by atoms with van der Waals surface area (Å²) in [5, 5.41) is 1.11. The van der Waals surface area contributed by atoms with Crippen LogP contribution >= 0.6 is 0 Å². The third kappa shape index (κ3) is 3.49. The summed E-state index contributed by atoms with van der Waals surface area (Å²) >= 11 is 0. The first-order chi connectivity index (χ1) is 14.2. The molecular weight excluding hydrogens is 368 g/mol. The lowest BCUT2D eigenvalue weighted by Crippen LogP contribution is -2.66. The predicted molar refractivity (Wildman–Crippen MR) is 107 cm³/mol. The summed E-state index contributed by atoms with van der Waals surface area (Å²) in [6, 6.07) is 13.5. The number of amides is 2. The molecule has 0 radical (unpaired) electrons. The number of aromatic nitrogens is 1. The standard InChI is InChI=1S/C22H22N4O3/c27-21-14-25(11-16-7-10-29-15-16)22(28)20-13-24(8-9-26(20)21)12-18-6-5-17-3-1-2-4-19(17)23-18/h1-7,10,15,20H,8-9,11-14H2. The second-order valence-electron chi connectivity index (χ2n) is 7.66. The molecule has 2 fully saturated rings. The van der Waals surface area contributed by atoms with Crippen molar-refractivity contribution in [3.8, 4) is 0 Å². The summed E-state index contributed by atoms with van der Waals surface area (Å²) < 4.78 is 5.09. The molecule has 2 aliphatic rings. The fourth-order valence-electron chi connectivity index (χ4n) is 4.20. The molecule has 2 aliphatic heterocycles. The van der Waals surface area contributed by atoms with Crippen molar-refractivity contribution in [2.45, 2.75) is 19.1 Å². The van der Waals surface area contributed by atoms with Crippen molar-refractivity contribution in [2.24, 2.45) is 0 Å². The van der Waals surface area contributed by atoms with E-state index in [4.69, 9.17) is 9.40 Å². The van der Waals surface area contributed by atoms with Crippen LogP contribution in [0.25, 0.3) is 10.9 Å². The summed E-state index contributed by atoms with van der Waals surface area (Å²) in [4.78, 5) is 36.0. The molecule has 2 aromatic heterocycles. The van der Waals surface area contributed by atoms with Gasteiger partial charge in [0, 0.05) is 43.7 Å². The van der Waals surface area contributed by atoms with Crippen LogP contribution in [-0.4, -0.2) is 63.7 Å². The average Bonchev–Trinajstić information content (AvgIpc) is 3.25. The fourth-order valence-corrected chi connectivity index (χ4v) is 4.20. The van der Waals surface area contributed by atoms with Crippen molar-refractivity contribution in [3.05, 3.63) is 66.2 Å². The molecule has 2 saturated heterocycles. The SMILES string of the molecule is O=C1C2CN(Cc3ccc4ccccc4n3)CCN2C(=O)CN1Cc1ccoc1. The minimum absolute atomic E-state index is 0.00182. The Bertz CT molecular complexity index is 1050. The summed E-state index contributed by atoms with van der Waals surface area (Å²) in [5.41, 5.74) is 2.84. The molecule has 0 aliphatic carbocycles. The van der Waals surface area contributed by atoms with Crippen LogP contribution in [0.2, 0.25) is 0 Å². The van der Waals surface area contributed by atoms with Gasteiger partial charge in [-0.2, -0.15) is 0 Å². The first-order valence-electron chi connectivity index (χ1n) is 9.84. The number of furan rings is 1. The first kappa shape index (κ1) is 17.9. The van der Waals surface area contributed by atoms with Gasteiger partial charge in [-0.05, 0) is 18.2 Å². The van der Waals surface area contributed by atoms with Crippen LogP contribution in [0, 0.1) is 0 Å². The lowest BCUT2D eigenvalue weighted by atomic mass is 10.1. The second-order valence-corrected chi connectivity index (χ2v) is 7.66. The number of pyridine rings is 1. The quantitative estimate of drug-likeness (QED) is 0.680. The number of benzene rings is 1. The van der Waals surface area contributed by atoms with Crippen LogP contribution in [0.4, 0.5) is 0 Å². The molecule has 4 heterocycles. The first-order valence-corrected chi connectivity index (χ1v) is 9.84. The maximum atomic E-state index is 13.1. The van der Waals surface area contributed by atoms with Crippen LogP contribution in [0.15, 0.2) is 59.4 Å². The van der Waals surface area contributed by atoms with Gasteiger partial charge in [0.2, 0.25) is 11.8 Å². The minimum Gasteiger partial charge on any atom is -0.472 e. The van der Waals surface area contributed by atoms with E-state index >= 15 is 0 Å². The summed E-state index contributed by atoms with van der Waals surface area (Å²) in [6.07, 6.45) is 3.19. The van der Waals surface area contributed by atoms with Gasteiger partial charge in [0.05, 0.1) is 23.7 Å². The highest BCUT2D eigenvalue weighted by molar-refractivity contribution is 5.95. The Labute approximate surface area is 168 Å². The van der Waals surface area contributed by atoms with Gasteiger partial charge < -0.3 is 14.2 Å². The smallest absolute Gasteiger partial charge is 0.247 e. The molecule has 148 valence electrons. The van der Waals surface area contributed by atoms with E-state index in [2.05, 4.69) is 11.0 Å². The number of hydrogen-bond acceptors (Lipinski definition) is 5. The Morgan fingerprint density at radius 1 is 1.03 bits per heavy atom. The molecule has 0 saturated carbocycles. The van der Waals surface area contributed by atoms with E-state index in [1.54, 1.807) is 22.3 Å². The van der Waals surface area contributed by atoms with Gasteiger partial charge in [-0.15, -0.1) is 0 Å². The Hall–Kier alpha value is -3.19. The third-order valence-electron chi connectivity index (χ3n) is 5.70. The molecule has 7 heteroatoms. The zero-order valence-electron chi connectivity index (χ0n) is 16.0. The van der Waals surface area contributed by atoms with Crippen molar-refractivity contribution in [3.63, 3.8) is 0 Å². The maximum absolute atomic E-state index is 13.1. The normalized spacial score (nSPS) is 20.3. The van der Waals surface area contributed by atoms with Crippen molar-refractivity contribution < 1.29 is 14.0 Å². The Kier molecular flexibility index (Phi) is 4.52. The monoisotopic (exact) mass is 390 g/mol. The maximum Gasteiger partial charge on any atom is 0.247 e. The van der Waals surface area contributed by atoms with Crippen molar-refractivity contribution >= 4 is 22.7 Å². The lowest BCUT2D eigenvalue weighted by Gasteiger charge is -2.46. The van der Waals surface area contributed by atoms with Crippen LogP contribution in [0.1, 0.15) is 11.3 Å². The number of hydrogen-bond donors (Lipinski definition) is 0. The van der Waals surface area contributed by atoms with E-state index in [0.29, 0.717) is 26.2 Å². The van der Waals surface area contributed by atoms with E-state index in [-0.39, 0.29) is 18.4 Å². The van der Waals surface area contributed by atoms with Gasteiger partial charge in [-0.1, -0.05) is 24.3 Å². The number of para-hydroxylation sites is 1. The van der Waals surface area contributed by atoms with Crippen LogP contribution < -0.4 is 0 Å². The van der Waals surface area contributed by atoms with Crippen molar-refractivity contribution in [2.75, 3.05) is 26.2 Å². The molecule has 7 nitrogen and oxygen atoms in total. The van der Waals surface area contributed by atoms with Gasteiger partial charge >= 0.3 is 0 Å². The number of nitrogens with zero attached hydrogens (tertiary/aromatic N) is 4. The minimum atomic E-state index is -0.433. The molecule has 2 amide bonds. The molecule has 1 atom stereocenters. The average molecular weight is 390 g/mol. The number of piperazine rings is 2. The number of fused-ring (bicyclic) bond motifs is 2. The highest BCUT2D eigenvalue weighted by Gasteiger charge is 2.42. The highest BCUT2D eigenvalue weighted by Crippen LogP contribution is 2.21. The predicted octanol–water partition coefficient (Wildman–Crippen LogP) is 1.88. The van der Waals surface area contributed by atoms with Gasteiger partial charge in [-0.3, -0.25) is 19.5 Å². The topological polar surface area (TPSA) is 69.9 Å². The van der Waals surface area contributed by atoms with Crippen LogP contribution in [-0.2, 0) is 22.7 Å². The van der Waals surface area contributed by atoms with Gasteiger partial charge in [0.1, 0.15) is 12.6 Å². The van der Waals surface area contributed by atoms with Crippen LogP contribution in [0.5, 0.6) is 0 Å². The van der Waals surface area contributed by atoms with Crippen molar-refractivity contribution in [1.82, 2.24) is 19.7 Å². The Morgan fingerprint density at radius 2 is 1.93 bits per heavy atom. The molecule has 3 aromatic rings. The van der Waals surface area contributed by atoms with E-state index in [9.17, 15) is 9.59 Å². The Morgan fingerprint density at radius 3 is 2.79 bits per heavy atom. The molecule has 1 aromatic carbocycles. The second kappa shape index (κ2) is 7.33. The molecule has 0 N–H and O–H groups in total. The summed E-state index contributed by atoms with van der Waals surface area (Å²) in [5.74, 6) is 0.0172. The van der Waals surface area contributed by atoms with Gasteiger partial charge in [-0.25, -0.2) is 0 Å². The third-order valence-corrected chi connectivity index (χ3v) is 5.70. The highest BCUT2D eigenvalue weighted by atomic mass is 16.3. The molecular formula is C22H22N4O3. The zero-order valence-corrected chi connectivity index (χ0v) is 16.0. The lowest BCUT2D eigenvalue weighted by molar-refractivity contribution is -0.160. The van der Waals surface area contributed by atoms with Crippen LogP contribution in [0.3, 0.4) is 0 Å². The molecule has 0 spiro atoms. The van der Waals surface area contributed by atoms with E-state index in [0.717, 1.165) is 28.7 Å². The number of rotatable bonds is 4. The summed E-state index contributed by atoms with van der Waals surface area (Å²) in [7, 11) is 0. The van der Waals surface area contributed by atoms with Gasteiger partial charge in [0.25, 0.3) is 0 Å². The van der Waals surface area contributed by atoms with E-state index in [1.807, 2.05) is 36.4 Å². The van der Waals surface area contributed by atoms with Gasteiger partial charge in [0.15, 0.2) is 0 Å². The molecule has 5 rings (SSSR count). The zero-order chi connectivity index (χ0) is 19.8. The fraction of sp³-hybridized carbons (Fsp3) is 0.318. The molecule has 1 unspecified atom stereocenters. The molecule has 29 heavy (non-hydrogen) atoms. The van der Waals surface area contributed by atoms with Crippen molar-refractivity contribution in [1.29, 1.82) is 0 Å². The largest absolute Gasteiger partial charge is 0.472 e. The van der Waals surface area contributed by atoms with E-state index < -0.39 is 6.04 Å². The summed E-state index contributed by atoms with van der Waals surface area (Å²) in [6.45, 7) is 3.04. The number of carbonyl (C=O) groups excluding carboxylic acids is 2.